The van der Waals surface area contributed by atoms with E-state index in [2.05, 4.69) is 15.2 Å². The highest BCUT2D eigenvalue weighted by molar-refractivity contribution is 5.93. The minimum Gasteiger partial charge on any atom is -0.382 e. The average Bonchev–Trinajstić information content (AvgIpc) is 2.57. The van der Waals surface area contributed by atoms with Gasteiger partial charge in [0.2, 0.25) is 0 Å². The van der Waals surface area contributed by atoms with Gasteiger partial charge in [-0.05, 0) is 49.4 Å². The van der Waals surface area contributed by atoms with Gasteiger partial charge in [0.15, 0.2) is 0 Å². The molecule has 1 fully saturated rings. The predicted octanol–water partition coefficient (Wildman–Crippen LogP) is 1.55. The lowest BCUT2D eigenvalue weighted by molar-refractivity contribution is 0.0672. The number of nitrogens with two attached hydrogens (primary N) is 1. The molecule has 6 nitrogen and oxygen atoms in total. The second kappa shape index (κ2) is 6.51. The molecular formula is C16H19N5O. The molecule has 2 aromatic heterocycles. The molecule has 22 heavy (non-hydrogen) atoms. The number of likely N-dealkylation sites (tertiary alicyclic amines) is 1. The van der Waals surface area contributed by atoms with Crippen LogP contribution in [0.15, 0.2) is 36.7 Å². The van der Waals surface area contributed by atoms with Crippen molar-refractivity contribution in [3.63, 3.8) is 0 Å². The van der Waals surface area contributed by atoms with Crippen molar-refractivity contribution >= 4 is 11.7 Å². The van der Waals surface area contributed by atoms with Crippen LogP contribution in [0.25, 0.3) is 0 Å². The number of amides is 1. The summed E-state index contributed by atoms with van der Waals surface area (Å²) in [5, 5.41) is 8.00. The first-order valence-corrected chi connectivity index (χ1v) is 7.50. The fraction of sp³-hybridized carbons (Fsp3) is 0.375. The average molecular weight is 297 g/mol. The van der Waals surface area contributed by atoms with E-state index in [1.807, 2.05) is 17.0 Å². The number of anilines is 1. The largest absolute Gasteiger partial charge is 0.382 e. The van der Waals surface area contributed by atoms with Gasteiger partial charge in [0.1, 0.15) is 5.82 Å². The number of pyridine rings is 1. The lowest BCUT2D eigenvalue weighted by Gasteiger charge is -2.32. The Morgan fingerprint density at radius 3 is 2.95 bits per heavy atom. The van der Waals surface area contributed by atoms with Crippen LogP contribution in [0.2, 0.25) is 0 Å². The van der Waals surface area contributed by atoms with Gasteiger partial charge >= 0.3 is 0 Å². The van der Waals surface area contributed by atoms with E-state index in [1.54, 1.807) is 24.5 Å². The zero-order chi connectivity index (χ0) is 15.4. The normalized spacial score (nSPS) is 18.2. The Morgan fingerprint density at radius 2 is 2.23 bits per heavy atom. The Balaban J connectivity index is 1.64. The van der Waals surface area contributed by atoms with Crippen molar-refractivity contribution in [1.82, 2.24) is 20.1 Å². The molecule has 3 heterocycles. The van der Waals surface area contributed by atoms with E-state index in [9.17, 15) is 4.79 Å². The highest BCUT2D eigenvalue weighted by atomic mass is 16.2. The molecule has 0 aliphatic carbocycles. The molecule has 0 aromatic carbocycles. The first-order chi connectivity index (χ1) is 10.7. The number of carbonyl (C=O) groups excluding carboxylic acids is 1. The first-order valence-electron chi connectivity index (χ1n) is 7.50. The van der Waals surface area contributed by atoms with Crippen LogP contribution in [0.1, 0.15) is 28.9 Å². The third-order valence-electron chi connectivity index (χ3n) is 3.95. The maximum Gasteiger partial charge on any atom is 0.255 e. The van der Waals surface area contributed by atoms with E-state index in [0.717, 1.165) is 38.0 Å². The fourth-order valence-electron chi connectivity index (χ4n) is 2.86. The van der Waals surface area contributed by atoms with Gasteiger partial charge < -0.3 is 10.6 Å². The molecule has 1 amide bonds. The van der Waals surface area contributed by atoms with Gasteiger partial charge in [-0.15, -0.1) is 5.10 Å². The maximum atomic E-state index is 12.5. The van der Waals surface area contributed by atoms with Gasteiger partial charge in [-0.3, -0.25) is 9.78 Å². The van der Waals surface area contributed by atoms with Crippen molar-refractivity contribution in [3.05, 3.63) is 47.9 Å². The summed E-state index contributed by atoms with van der Waals surface area (Å²) >= 11 is 0. The number of hydrogen-bond acceptors (Lipinski definition) is 5. The quantitative estimate of drug-likeness (QED) is 0.929. The molecule has 2 aromatic rings. The molecule has 1 unspecified atom stereocenters. The van der Waals surface area contributed by atoms with Gasteiger partial charge in [0, 0.05) is 25.5 Å². The minimum atomic E-state index is 0.0567. The van der Waals surface area contributed by atoms with Crippen molar-refractivity contribution in [3.8, 4) is 0 Å². The van der Waals surface area contributed by atoms with Crippen molar-refractivity contribution in [2.24, 2.45) is 5.92 Å². The van der Waals surface area contributed by atoms with Crippen molar-refractivity contribution < 1.29 is 4.79 Å². The molecule has 2 N–H and O–H groups in total. The van der Waals surface area contributed by atoms with Crippen LogP contribution in [-0.2, 0) is 6.42 Å². The zero-order valence-electron chi connectivity index (χ0n) is 12.4. The standard InChI is InChI=1S/C16H19N5O/c17-15-6-5-14(19-20-15)9-12-3-2-8-21(11-12)16(22)13-4-1-7-18-10-13/h1,4-7,10,12H,2-3,8-9,11H2,(H2,17,20). The Morgan fingerprint density at radius 1 is 1.32 bits per heavy atom. The monoisotopic (exact) mass is 297 g/mol. The lowest BCUT2D eigenvalue weighted by atomic mass is 9.93. The Kier molecular flexibility index (Phi) is 4.27. The van der Waals surface area contributed by atoms with E-state index < -0.39 is 0 Å². The van der Waals surface area contributed by atoms with E-state index in [1.165, 1.54) is 0 Å². The number of hydrogen-bond donors (Lipinski definition) is 1. The lowest BCUT2D eigenvalue weighted by Crippen LogP contribution is -2.40. The number of rotatable bonds is 3. The zero-order valence-corrected chi connectivity index (χ0v) is 12.4. The number of aromatic nitrogens is 3. The SMILES string of the molecule is Nc1ccc(CC2CCCN(C(=O)c3cccnc3)C2)nn1. The van der Waals surface area contributed by atoms with Gasteiger partial charge in [-0.25, -0.2) is 0 Å². The Labute approximate surface area is 129 Å². The van der Waals surface area contributed by atoms with E-state index in [4.69, 9.17) is 5.73 Å². The van der Waals surface area contributed by atoms with Gasteiger partial charge in [-0.1, -0.05) is 0 Å². The van der Waals surface area contributed by atoms with Gasteiger partial charge in [-0.2, -0.15) is 5.10 Å². The molecule has 1 atom stereocenters. The first kappa shape index (κ1) is 14.4. The summed E-state index contributed by atoms with van der Waals surface area (Å²) in [6, 6.07) is 7.27. The molecule has 0 bridgehead atoms. The fourth-order valence-corrected chi connectivity index (χ4v) is 2.86. The molecule has 0 radical (unpaired) electrons. The third-order valence-corrected chi connectivity index (χ3v) is 3.95. The Bertz CT molecular complexity index is 629. The van der Waals surface area contributed by atoms with Crippen LogP contribution in [0.3, 0.4) is 0 Å². The summed E-state index contributed by atoms with van der Waals surface area (Å²) in [4.78, 5) is 18.4. The van der Waals surface area contributed by atoms with Gasteiger partial charge in [0.25, 0.3) is 5.91 Å². The van der Waals surface area contributed by atoms with E-state index in [0.29, 0.717) is 17.3 Å². The maximum absolute atomic E-state index is 12.5. The topological polar surface area (TPSA) is 85.0 Å². The van der Waals surface area contributed by atoms with E-state index >= 15 is 0 Å². The molecule has 0 spiro atoms. The third kappa shape index (κ3) is 3.39. The molecule has 6 heteroatoms. The van der Waals surface area contributed by atoms with E-state index in [-0.39, 0.29) is 5.91 Å². The van der Waals surface area contributed by atoms with Crippen LogP contribution in [0, 0.1) is 5.92 Å². The second-order valence-electron chi connectivity index (χ2n) is 5.65. The molecule has 1 aliphatic heterocycles. The van der Waals surface area contributed by atoms with Crippen molar-refractivity contribution in [1.29, 1.82) is 0 Å². The molecular weight excluding hydrogens is 278 g/mol. The highest BCUT2D eigenvalue weighted by Gasteiger charge is 2.25. The molecule has 3 rings (SSSR count). The summed E-state index contributed by atoms with van der Waals surface area (Å²) in [5.41, 5.74) is 7.13. The number of piperidine rings is 1. The second-order valence-corrected chi connectivity index (χ2v) is 5.65. The van der Waals surface area contributed by atoms with Crippen LogP contribution >= 0.6 is 0 Å². The summed E-state index contributed by atoms with van der Waals surface area (Å²) in [6.45, 7) is 1.55. The van der Waals surface area contributed by atoms with Crippen molar-refractivity contribution in [2.75, 3.05) is 18.8 Å². The minimum absolute atomic E-state index is 0.0567. The van der Waals surface area contributed by atoms with Crippen LogP contribution in [-0.4, -0.2) is 39.1 Å². The number of nitrogen functional groups attached to an aromatic ring is 1. The van der Waals surface area contributed by atoms with Crippen LogP contribution in [0.4, 0.5) is 5.82 Å². The smallest absolute Gasteiger partial charge is 0.255 e. The molecule has 1 aliphatic rings. The Hall–Kier alpha value is -2.50. The summed E-state index contributed by atoms with van der Waals surface area (Å²) in [5.74, 6) is 0.897. The predicted molar refractivity (Wildman–Crippen MR) is 83.0 cm³/mol. The summed E-state index contributed by atoms with van der Waals surface area (Å²) in [6.07, 6.45) is 6.24. The van der Waals surface area contributed by atoms with Crippen molar-refractivity contribution in [2.45, 2.75) is 19.3 Å². The molecule has 114 valence electrons. The number of carbonyl (C=O) groups is 1. The number of nitrogens with zero attached hydrogens (tertiary/aromatic N) is 4. The molecule has 0 saturated carbocycles. The summed E-state index contributed by atoms with van der Waals surface area (Å²) in [7, 11) is 0. The van der Waals surface area contributed by atoms with Crippen LogP contribution in [0.5, 0.6) is 0 Å². The molecule has 1 saturated heterocycles. The van der Waals surface area contributed by atoms with Gasteiger partial charge in [0.05, 0.1) is 11.3 Å². The van der Waals surface area contributed by atoms with Crippen LogP contribution < -0.4 is 5.73 Å². The summed E-state index contributed by atoms with van der Waals surface area (Å²) < 4.78 is 0. The highest BCUT2D eigenvalue weighted by Crippen LogP contribution is 2.21.